The first kappa shape index (κ1) is 14.7. The van der Waals surface area contributed by atoms with Gasteiger partial charge in [-0.3, -0.25) is 4.79 Å². The van der Waals surface area contributed by atoms with Gasteiger partial charge in [0.25, 0.3) is 0 Å². The quantitative estimate of drug-likeness (QED) is 0.817. The van der Waals surface area contributed by atoms with E-state index in [0.29, 0.717) is 17.9 Å². The Kier molecular flexibility index (Phi) is 3.84. The number of rotatable bonds is 5. The summed E-state index contributed by atoms with van der Waals surface area (Å²) in [5.41, 5.74) is 0. The molecular formula is C16H26N2O3. The summed E-state index contributed by atoms with van der Waals surface area (Å²) in [5.74, 6) is -0.0637. The second-order valence-electron chi connectivity index (χ2n) is 7.45. The van der Waals surface area contributed by atoms with Crippen LogP contribution in [-0.2, 0) is 4.79 Å². The van der Waals surface area contributed by atoms with Crippen molar-refractivity contribution in [3.05, 3.63) is 0 Å². The lowest BCUT2D eigenvalue weighted by atomic mass is 9.84. The first-order valence-electron chi connectivity index (χ1n) is 8.27. The van der Waals surface area contributed by atoms with E-state index in [1.54, 1.807) is 0 Å². The number of fused-ring (bicyclic) bond motifs is 2. The number of amides is 2. The van der Waals surface area contributed by atoms with Gasteiger partial charge < -0.3 is 15.3 Å². The number of hydrogen-bond acceptors (Lipinski definition) is 2. The van der Waals surface area contributed by atoms with Crippen molar-refractivity contribution < 1.29 is 14.7 Å². The molecule has 2 bridgehead atoms. The number of carboxylic acid groups (broad SMARTS) is 1. The van der Waals surface area contributed by atoms with E-state index < -0.39 is 5.97 Å². The molecule has 21 heavy (non-hydrogen) atoms. The van der Waals surface area contributed by atoms with Crippen molar-refractivity contribution in [2.45, 2.75) is 58.0 Å². The van der Waals surface area contributed by atoms with Crippen molar-refractivity contribution in [1.29, 1.82) is 0 Å². The van der Waals surface area contributed by atoms with Gasteiger partial charge in [0.2, 0.25) is 0 Å². The van der Waals surface area contributed by atoms with E-state index in [-0.39, 0.29) is 23.9 Å². The van der Waals surface area contributed by atoms with Crippen molar-refractivity contribution in [3.63, 3.8) is 0 Å². The molecule has 4 atom stereocenters. The largest absolute Gasteiger partial charge is 0.481 e. The molecule has 5 nitrogen and oxygen atoms in total. The highest BCUT2D eigenvalue weighted by Crippen LogP contribution is 2.48. The van der Waals surface area contributed by atoms with Crippen molar-refractivity contribution >= 4 is 12.0 Å². The average molecular weight is 294 g/mol. The Hall–Kier alpha value is -1.26. The van der Waals surface area contributed by atoms with Crippen LogP contribution in [0.25, 0.3) is 0 Å². The summed E-state index contributed by atoms with van der Waals surface area (Å²) in [4.78, 5) is 26.0. The van der Waals surface area contributed by atoms with E-state index in [0.717, 1.165) is 38.6 Å². The van der Waals surface area contributed by atoms with Crippen LogP contribution >= 0.6 is 0 Å². The second-order valence-corrected chi connectivity index (χ2v) is 7.45. The molecule has 0 radical (unpaired) electrons. The van der Waals surface area contributed by atoms with Crippen molar-refractivity contribution in [2.75, 3.05) is 6.54 Å². The Morgan fingerprint density at radius 1 is 1.19 bits per heavy atom. The van der Waals surface area contributed by atoms with Crippen LogP contribution in [0.15, 0.2) is 0 Å². The molecule has 0 aromatic heterocycles. The topological polar surface area (TPSA) is 69.6 Å². The molecule has 3 saturated carbocycles. The van der Waals surface area contributed by atoms with Gasteiger partial charge in [-0.25, -0.2) is 4.79 Å². The zero-order valence-corrected chi connectivity index (χ0v) is 12.9. The van der Waals surface area contributed by atoms with Gasteiger partial charge in [0, 0.05) is 18.6 Å². The maximum atomic E-state index is 12.6. The lowest BCUT2D eigenvalue weighted by molar-refractivity contribution is -0.144. The number of nitrogens with one attached hydrogen (secondary N) is 1. The fourth-order valence-electron chi connectivity index (χ4n) is 4.26. The van der Waals surface area contributed by atoms with Gasteiger partial charge in [-0.2, -0.15) is 0 Å². The summed E-state index contributed by atoms with van der Waals surface area (Å²) in [7, 11) is 0. The second kappa shape index (κ2) is 5.50. The molecule has 3 rings (SSSR count). The Balaban J connectivity index is 1.66. The van der Waals surface area contributed by atoms with Crippen LogP contribution in [0, 0.1) is 23.7 Å². The van der Waals surface area contributed by atoms with Crippen LogP contribution in [0.2, 0.25) is 0 Å². The molecule has 5 heteroatoms. The number of urea groups is 1. The molecule has 0 heterocycles. The normalized spacial score (nSPS) is 34.2. The fraction of sp³-hybridized carbons (Fsp3) is 0.875. The zero-order chi connectivity index (χ0) is 15.1. The van der Waals surface area contributed by atoms with Gasteiger partial charge >= 0.3 is 12.0 Å². The van der Waals surface area contributed by atoms with Crippen molar-refractivity contribution in [3.8, 4) is 0 Å². The van der Waals surface area contributed by atoms with E-state index in [9.17, 15) is 14.7 Å². The van der Waals surface area contributed by atoms with Crippen LogP contribution in [-0.4, -0.2) is 40.6 Å². The molecule has 4 unspecified atom stereocenters. The zero-order valence-electron chi connectivity index (χ0n) is 12.9. The van der Waals surface area contributed by atoms with E-state index in [4.69, 9.17) is 0 Å². The minimum atomic E-state index is -0.741. The van der Waals surface area contributed by atoms with Crippen LogP contribution in [0.1, 0.15) is 46.0 Å². The highest BCUT2D eigenvalue weighted by Gasteiger charge is 2.52. The van der Waals surface area contributed by atoms with Crippen LogP contribution in [0.3, 0.4) is 0 Å². The van der Waals surface area contributed by atoms with Gasteiger partial charge in [-0.1, -0.05) is 13.8 Å². The third kappa shape index (κ3) is 2.87. The van der Waals surface area contributed by atoms with Crippen LogP contribution < -0.4 is 5.32 Å². The molecule has 3 aliphatic rings. The number of carbonyl (C=O) groups excluding carboxylic acids is 1. The fourth-order valence-corrected chi connectivity index (χ4v) is 4.26. The number of carboxylic acids is 1. The molecule has 118 valence electrons. The van der Waals surface area contributed by atoms with Gasteiger partial charge in [0.1, 0.15) is 0 Å². The lowest BCUT2D eigenvalue weighted by Gasteiger charge is -2.32. The maximum Gasteiger partial charge on any atom is 0.317 e. The van der Waals surface area contributed by atoms with Gasteiger partial charge in [0.05, 0.1) is 5.92 Å². The summed E-state index contributed by atoms with van der Waals surface area (Å²) in [6.45, 7) is 4.98. The smallest absolute Gasteiger partial charge is 0.317 e. The standard InChI is InChI=1S/C16H26N2O3/c1-9(2)8-18(12-5-6-12)16(21)17-14-11-4-3-10(7-11)13(14)15(19)20/h9-14H,3-8H2,1-2H3,(H,17,21)(H,19,20). The lowest BCUT2D eigenvalue weighted by Crippen LogP contribution is -2.52. The minimum absolute atomic E-state index is 0.0463. The molecule has 2 N–H and O–H groups in total. The van der Waals surface area contributed by atoms with Crippen LogP contribution in [0.4, 0.5) is 4.79 Å². The number of nitrogens with zero attached hydrogens (tertiary/aromatic N) is 1. The molecule has 3 aliphatic carbocycles. The SMILES string of the molecule is CC(C)CN(C(=O)NC1C2CCC(C2)C1C(=O)O)C1CC1. The molecule has 0 spiro atoms. The average Bonchev–Trinajstić information content (AvgIpc) is 3.05. The number of aliphatic carboxylic acids is 1. The molecular weight excluding hydrogens is 268 g/mol. The molecule has 0 aliphatic heterocycles. The summed E-state index contributed by atoms with van der Waals surface area (Å²) in [6, 6.07) is 0.159. The van der Waals surface area contributed by atoms with E-state index in [2.05, 4.69) is 19.2 Å². The predicted molar refractivity (Wildman–Crippen MR) is 78.8 cm³/mol. The highest BCUT2D eigenvalue weighted by atomic mass is 16.4. The summed E-state index contributed by atoms with van der Waals surface area (Å²) < 4.78 is 0. The Morgan fingerprint density at radius 3 is 2.43 bits per heavy atom. The Bertz CT molecular complexity index is 433. The molecule has 0 aromatic carbocycles. The van der Waals surface area contributed by atoms with E-state index in [1.807, 2.05) is 4.90 Å². The number of carbonyl (C=O) groups is 2. The van der Waals surface area contributed by atoms with Gasteiger partial charge in [-0.05, 0) is 49.9 Å². The third-order valence-corrected chi connectivity index (χ3v) is 5.30. The summed E-state index contributed by atoms with van der Waals surface area (Å²) in [6.07, 6.45) is 5.20. The van der Waals surface area contributed by atoms with Gasteiger partial charge in [-0.15, -0.1) is 0 Å². The molecule has 2 amide bonds. The van der Waals surface area contributed by atoms with E-state index >= 15 is 0 Å². The summed E-state index contributed by atoms with van der Waals surface area (Å²) >= 11 is 0. The minimum Gasteiger partial charge on any atom is -0.481 e. The third-order valence-electron chi connectivity index (χ3n) is 5.30. The predicted octanol–water partition coefficient (Wildman–Crippen LogP) is 2.32. The summed E-state index contributed by atoms with van der Waals surface area (Å²) in [5, 5.41) is 12.5. The van der Waals surface area contributed by atoms with Crippen molar-refractivity contribution in [1.82, 2.24) is 10.2 Å². The first-order chi connectivity index (χ1) is 9.97. The monoisotopic (exact) mass is 294 g/mol. The highest BCUT2D eigenvalue weighted by molar-refractivity contribution is 5.78. The Morgan fingerprint density at radius 2 is 1.86 bits per heavy atom. The molecule has 0 aromatic rings. The van der Waals surface area contributed by atoms with Gasteiger partial charge in [0.15, 0.2) is 0 Å². The Labute approximate surface area is 126 Å². The molecule has 3 fully saturated rings. The maximum absolute atomic E-state index is 12.6. The van der Waals surface area contributed by atoms with Crippen LogP contribution in [0.5, 0.6) is 0 Å². The van der Waals surface area contributed by atoms with Crippen molar-refractivity contribution in [2.24, 2.45) is 23.7 Å². The number of hydrogen-bond donors (Lipinski definition) is 2. The first-order valence-corrected chi connectivity index (χ1v) is 8.27. The molecule has 0 saturated heterocycles. The van der Waals surface area contributed by atoms with E-state index in [1.165, 1.54) is 0 Å².